The lowest BCUT2D eigenvalue weighted by Crippen LogP contribution is -2.00. The smallest absolute Gasteiger partial charge is 0.160 e. The number of Topliss-reactive ketones (excluding diaryl/α,β-unsaturated/α-hetero) is 1. The molecule has 0 aliphatic heterocycles. The number of benzene rings is 1. The highest BCUT2D eigenvalue weighted by Crippen LogP contribution is 2.25. The van der Waals surface area contributed by atoms with Crippen LogP contribution in [0.15, 0.2) is 63.8 Å². The van der Waals surface area contributed by atoms with Crippen molar-refractivity contribution in [2.75, 3.05) is 0 Å². The van der Waals surface area contributed by atoms with Crippen LogP contribution in [-0.4, -0.2) is 5.78 Å². The van der Waals surface area contributed by atoms with Gasteiger partial charge in [0.05, 0.1) is 12.5 Å². The summed E-state index contributed by atoms with van der Waals surface area (Å²) in [7, 11) is 0. The fourth-order valence-corrected chi connectivity index (χ4v) is 2.04. The maximum absolute atomic E-state index is 11.7. The summed E-state index contributed by atoms with van der Waals surface area (Å²) < 4.78 is 21.8. The van der Waals surface area contributed by atoms with E-state index in [1.165, 1.54) is 6.92 Å². The Hall–Kier alpha value is -2.95. The predicted octanol–water partition coefficient (Wildman–Crippen LogP) is 4.23. The Morgan fingerprint density at radius 3 is 1.83 bits per heavy atom. The molecule has 0 aliphatic rings. The predicted molar refractivity (Wildman–Crippen MR) is 82.5 cm³/mol. The molecule has 0 saturated carbocycles. The van der Waals surface area contributed by atoms with Gasteiger partial charge in [0.25, 0.3) is 0 Å². The lowest BCUT2D eigenvalue weighted by molar-refractivity contribution is 0.101. The molecule has 5 nitrogen and oxygen atoms in total. The first-order valence-electron chi connectivity index (χ1n) is 7.17. The van der Waals surface area contributed by atoms with Crippen molar-refractivity contribution in [2.45, 2.75) is 20.1 Å². The molecular weight excluding hydrogens is 296 g/mol. The molecule has 0 bridgehead atoms. The lowest BCUT2D eigenvalue weighted by atomic mass is 10.1. The zero-order valence-corrected chi connectivity index (χ0v) is 12.7. The van der Waals surface area contributed by atoms with Crippen LogP contribution in [0.25, 0.3) is 0 Å². The van der Waals surface area contributed by atoms with Crippen LogP contribution in [0.3, 0.4) is 0 Å². The molecule has 2 heterocycles. The van der Waals surface area contributed by atoms with Crippen molar-refractivity contribution in [3.05, 3.63) is 72.1 Å². The molecular formula is C18H16O5. The maximum atomic E-state index is 11.7. The SMILES string of the molecule is CC(=O)c1cc(OCc2ccco2)cc(OCc2ccco2)c1. The lowest BCUT2D eigenvalue weighted by Gasteiger charge is -2.10. The second kappa shape index (κ2) is 6.87. The van der Waals surface area contributed by atoms with E-state index in [4.69, 9.17) is 18.3 Å². The van der Waals surface area contributed by atoms with E-state index in [0.717, 1.165) is 0 Å². The molecule has 0 aliphatic carbocycles. The van der Waals surface area contributed by atoms with Gasteiger partial charge in [0.2, 0.25) is 0 Å². The number of hydrogen-bond acceptors (Lipinski definition) is 5. The zero-order chi connectivity index (χ0) is 16.1. The molecule has 118 valence electrons. The summed E-state index contributed by atoms with van der Waals surface area (Å²) in [6.07, 6.45) is 3.17. The Labute approximate surface area is 133 Å². The quantitative estimate of drug-likeness (QED) is 0.611. The van der Waals surface area contributed by atoms with Crippen LogP contribution in [0.5, 0.6) is 11.5 Å². The summed E-state index contributed by atoms with van der Waals surface area (Å²) in [4.78, 5) is 11.7. The van der Waals surface area contributed by atoms with Gasteiger partial charge in [0.15, 0.2) is 5.78 Å². The van der Waals surface area contributed by atoms with Crippen molar-refractivity contribution < 1.29 is 23.1 Å². The maximum Gasteiger partial charge on any atom is 0.160 e. The standard InChI is InChI=1S/C18H16O5/c1-13(19)14-8-17(22-11-15-4-2-6-20-15)10-18(9-14)23-12-16-5-3-7-21-16/h2-10H,11-12H2,1H3. The van der Waals surface area contributed by atoms with E-state index in [2.05, 4.69) is 0 Å². The summed E-state index contributed by atoms with van der Waals surface area (Å²) in [5, 5.41) is 0. The number of ketones is 1. The van der Waals surface area contributed by atoms with Crippen LogP contribution in [0.2, 0.25) is 0 Å². The molecule has 0 atom stereocenters. The molecule has 0 N–H and O–H groups in total. The molecule has 0 amide bonds. The molecule has 2 aromatic heterocycles. The first-order valence-corrected chi connectivity index (χ1v) is 7.17. The van der Waals surface area contributed by atoms with Crippen LogP contribution in [0.1, 0.15) is 28.8 Å². The van der Waals surface area contributed by atoms with E-state index in [1.54, 1.807) is 42.9 Å². The Kier molecular flexibility index (Phi) is 4.47. The summed E-state index contributed by atoms with van der Waals surface area (Å²) in [5.74, 6) is 2.44. The number of furan rings is 2. The zero-order valence-electron chi connectivity index (χ0n) is 12.7. The second-order valence-electron chi connectivity index (χ2n) is 4.99. The summed E-state index contributed by atoms with van der Waals surface area (Å²) >= 11 is 0. The van der Waals surface area contributed by atoms with Gasteiger partial charge in [-0.2, -0.15) is 0 Å². The Balaban J connectivity index is 1.73. The summed E-state index contributed by atoms with van der Waals surface area (Å²) in [6.45, 7) is 2.07. The van der Waals surface area contributed by atoms with Crippen LogP contribution in [0, 0.1) is 0 Å². The molecule has 0 fully saturated rings. The molecule has 23 heavy (non-hydrogen) atoms. The monoisotopic (exact) mass is 312 g/mol. The number of hydrogen-bond donors (Lipinski definition) is 0. The molecule has 5 heteroatoms. The number of rotatable bonds is 7. The van der Waals surface area contributed by atoms with E-state index in [9.17, 15) is 4.79 Å². The van der Waals surface area contributed by atoms with Crippen LogP contribution in [0.4, 0.5) is 0 Å². The second-order valence-corrected chi connectivity index (χ2v) is 4.99. The average molecular weight is 312 g/mol. The van der Waals surface area contributed by atoms with Gasteiger partial charge >= 0.3 is 0 Å². The number of carbonyl (C=O) groups excluding carboxylic acids is 1. The van der Waals surface area contributed by atoms with Gasteiger partial charge in [0.1, 0.15) is 36.2 Å². The highest BCUT2D eigenvalue weighted by Gasteiger charge is 2.08. The van der Waals surface area contributed by atoms with Gasteiger partial charge in [0, 0.05) is 11.6 Å². The van der Waals surface area contributed by atoms with Gasteiger partial charge in [-0.15, -0.1) is 0 Å². The molecule has 3 aromatic rings. The Morgan fingerprint density at radius 2 is 1.43 bits per heavy atom. The molecule has 3 rings (SSSR count). The van der Waals surface area contributed by atoms with E-state index >= 15 is 0 Å². The fraction of sp³-hybridized carbons (Fsp3) is 0.167. The van der Waals surface area contributed by atoms with Gasteiger partial charge in [-0.3, -0.25) is 4.79 Å². The molecule has 0 radical (unpaired) electrons. The Bertz CT molecular complexity index is 700. The molecule has 1 aromatic carbocycles. The number of ether oxygens (including phenoxy) is 2. The molecule has 0 spiro atoms. The minimum Gasteiger partial charge on any atom is -0.485 e. The van der Waals surface area contributed by atoms with E-state index < -0.39 is 0 Å². The minimum atomic E-state index is -0.0590. The van der Waals surface area contributed by atoms with E-state index in [0.29, 0.717) is 28.6 Å². The summed E-state index contributed by atoms with van der Waals surface area (Å²) in [6, 6.07) is 12.3. The topological polar surface area (TPSA) is 61.8 Å². The van der Waals surface area contributed by atoms with E-state index in [-0.39, 0.29) is 19.0 Å². The molecule has 0 saturated heterocycles. The van der Waals surface area contributed by atoms with Gasteiger partial charge in [-0.25, -0.2) is 0 Å². The minimum absolute atomic E-state index is 0.0590. The fourth-order valence-electron chi connectivity index (χ4n) is 2.04. The summed E-state index contributed by atoms with van der Waals surface area (Å²) in [5.41, 5.74) is 0.524. The van der Waals surface area contributed by atoms with Crippen molar-refractivity contribution in [1.82, 2.24) is 0 Å². The molecule has 0 unspecified atom stereocenters. The van der Waals surface area contributed by atoms with Crippen molar-refractivity contribution in [3.8, 4) is 11.5 Å². The van der Waals surface area contributed by atoms with Gasteiger partial charge in [-0.05, 0) is 43.3 Å². The average Bonchev–Trinajstić information content (AvgIpc) is 3.24. The van der Waals surface area contributed by atoms with Crippen molar-refractivity contribution in [1.29, 1.82) is 0 Å². The third-order valence-electron chi connectivity index (χ3n) is 3.21. The van der Waals surface area contributed by atoms with Gasteiger partial charge < -0.3 is 18.3 Å². The third kappa shape index (κ3) is 4.03. The normalized spacial score (nSPS) is 10.5. The highest BCUT2D eigenvalue weighted by molar-refractivity contribution is 5.94. The van der Waals surface area contributed by atoms with Crippen LogP contribution >= 0.6 is 0 Å². The number of carbonyl (C=O) groups is 1. The first kappa shape index (κ1) is 15.0. The Morgan fingerprint density at radius 1 is 0.913 bits per heavy atom. The van der Waals surface area contributed by atoms with Crippen molar-refractivity contribution >= 4 is 5.78 Å². The highest BCUT2D eigenvalue weighted by atomic mass is 16.5. The van der Waals surface area contributed by atoms with Crippen LogP contribution in [-0.2, 0) is 13.2 Å². The third-order valence-corrected chi connectivity index (χ3v) is 3.21. The van der Waals surface area contributed by atoms with E-state index in [1.807, 2.05) is 12.1 Å². The van der Waals surface area contributed by atoms with Gasteiger partial charge in [-0.1, -0.05) is 0 Å². The van der Waals surface area contributed by atoms with Crippen molar-refractivity contribution in [2.24, 2.45) is 0 Å². The first-order chi connectivity index (χ1) is 11.2. The van der Waals surface area contributed by atoms with Crippen molar-refractivity contribution in [3.63, 3.8) is 0 Å². The van der Waals surface area contributed by atoms with Crippen LogP contribution < -0.4 is 9.47 Å². The largest absolute Gasteiger partial charge is 0.485 e.